The number of hydrogen-bond donors (Lipinski definition) is 2. The Labute approximate surface area is 199 Å². The number of ether oxygens (including phenoxy) is 2. The molecule has 0 bridgehead atoms. The number of carbonyl (C=O) groups excluding carboxylic acids is 1. The zero-order chi connectivity index (χ0) is 23.3. The van der Waals surface area contributed by atoms with Gasteiger partial charge in [-0.15, -0.1) is 0 Å². The van der Waals surface area contributed by atoms with Gasteiger partial charge in [0.25, 0.3) is 0 Å². The molecular weight excluding hydrogens is 432 g/mol. The van der Waals surface area contributed by atoms with Crippen molar-refractivity contribution in [3.05, 3.63) is 48.0 Å². The van der Waals surface area contributed by atoms with E-state index in [1.54, 1.807) is 0 Å². The molecule has 0 aliphatic carbocycles. The third-order valence-electron chi connectivity index (χ3n) is 6.55. The van der Waals surface area contributed by atoms with Crippen LogP contribution in [0.25, 0.3) is 11.0 Å². The van der Waals surface area contributed by atoms with E-state index in [4.69, 9.17) is 19.6 Å². The van der Waals surface area contributed by atoms with Crippen molar-refractivity contribution in [1.82, 2.24) is 4.90 Å². The summed E-state index contributed by atoms with van der Waals surface area (Å²) in [6.45, 7) is 6.56. The number of nitrogens with two attached hydrogens (primary N) is 1. The molecule has 5 rings (SSSR count). The second kappa shape index (κ2) is 10.3. The van der Waals surface area contributed by atoms with Gasteiger partial charge in [-0.25, -0.2) is 4.79 Å². The molecule has 34 heavy (non-hydrogen) atoms. The monoisotopic (exact) mass is 464 g/mol. The van der Waals surface area contributed by atoms with Crippen LogP contribution in [0.1, 0.15) is 24.8 Å². The van der Waals surface area contributed by atoms with Gasteiger partial charge in [-0.3, -0.25) is 10.2 Å². The molecule has 0 unspecified atom stereocenters. The Balaban J connectivity index is 1.11. The molecule has 2 amide bonds. The molecule has 3 N–H and O–H groups in total. The molecule has 2 aliphatic rings. The van der Waals surface area contributed by atoms with Crippen molar-refractivity contribution >= 4 is 28.6 Å². The number of piperazine rings is 1. The molecular formula is C26H32N4O4. The fourth-order valence-electron chi connectivity index (χ4n) is 4.78. The van der Waals surface area contributed by atoms with Crippen LogP contribution in [-0.4, -0.2) is 56.9 Å². The van der Waals surface area contributed by atoms with Crippen LogP contribution in [0, 0.1) is 0 Å². The van der Waals surface area contributed by atoms with E-state index in [0.29, 0.717) is 19.1 Å². The number of nitrogens with one attached hydrogen (secondary N) is 1. The maximum Gasteiger partial charge on any atom is 0.318 e. The summed E-state index contributed by atoms with van der Waals surface area (Å²) >= 11 is 0. The van der Waals surface area contributed by atoms with Crippen LogP contribution in [0.3, 0.4) is 0 Å². The lowest BCUT2D eigenvalue weighted by atomic mass is 10.1. The molecule has 0 spiro atoms. The Morgan fingerprint density at radius 2 is 1.76 bits per heavy atom. The summed E-state index contributed by atoms with van der Waals surface area (Å²) in [7, 11) is 0. The van der Waals surface area contributed by atoms with Gasteiger partial charge in [0.1, 0.15) is 5.58 Å². The molecule has 3 heterocycles. The molecule has 1 saturated heterocycles. The number of unbranched alkanes of at least 4 members (excludes halogenated alkanes) is 1. The Morgan fingerprint density at radius 3 is 2.59 bits per heavy atom. The number of hydrogen-bond acceptors (Lipinski definition) is 6. The standard InChI is InChI=1S/C26H32N4O4/c27-26(31)28-25-21(20-6-1-2-8-22(20)34-25)7-3-4-11-29-12-14-30(15-13-29)19-9-10-23-24(18-19)33-17-5-16-32-23/h1-2,6,8-10,18H,3-5,7,11-17H2,(H3,27,28,31). The van der Waals surface area contributed by atoms with Gasteiger partial charge < -0.3 is 24.5 Å². The number of carbonyl (C=O) groups is 1. The van der Waals surface area contributed by atoms with E-state index in [-0.39, 0.29) is 0 Å². The molecule has 0 radical (unpaired) electrons. The third-order valence-corrected chi connectivity index (χ3v) is 6.55. The van der Waals surface area contributed by atoms with Gasteiger partial charge in [0.15, 0.2) is 11.5 Å². The number of primary amides is 1. The smallest absolute Gasteiger partial charge is 0.318 e. The van der Waals surface area contributed by atoms with Crippen LogP contribution in [0.4, 0.5) is 16.4 Å². The van der Waals surface area contributed by atoms with Crippen LogP contribution >= 0.6 is 0 Å². The number of nitrogens with zero attached hydrogens (tertiary/aromatic N) is 2. The Hall–Kier alpha value is -3.39. The van der Waals surface area contributed by atoms with Crippen LogP contribution < -0.4 is 25.4 Å². The topological polar surface area (TPSA) is 93.2 Å². The van der Waals surface area contributed by atoms with E-state index >= 15 is 0 Å². The number of rotatable bonds is 7. The normalized spacial score (nSPS) is 16.4. The lowest BCUT2D eigenvalue weighted by Gasteiger charge is -2.36. The van der Waals surface area contributed by atoms with Crippen molar-refractivity contribution in [1.29, 1.82) is 0 Å². The first kappa shape index (κ1) is 22.4. The molecule has 1 aromatic heterocycles. The van der Waals surface area contributed by atoms with Gasteiger partial charge in [-0.2, -0.15) is 0 Å². The van der Waals surface area contributed by atoms with Gasteiger partial charge >= 0.3 is 6.03 Å². The number of benzene rings is 2. The minimum absolute atomic E-state index is 0.470. The van der Waals surface area contributed by atoms with Gasteiger partial charge in [0, 0.05) is 55.3 Å². The molecule has 0 saturated carbocycles. The number of urea groups is 1. The molecule has 8 nitrogen and oxygen atoms in total. The Morgan fingerprint density at radius 1 is 0.971 bits per heavy atom. The first-order chi connectivity index (χ1) is 16.7. The summed E-state index contributed by atoms with van der Waals surface area (Å²) in [6.07, 6.45) is 3.85. The first-order valence-electron chi connectivity index (χ1n) is 12.1. The van der Waals surface area contributed by atoms with Crippen molar-refractivity contribution < 1.29 is 18.7 Å². The first-order valence-corrected chi connectivity index (χ1v) is 12.1. The average molecular weight is 465 g/mol. The average Bonchev–Trinajstić information content (AvgIpc) is 3.01. The zero-order valence-electron chi connectivity index (χ0n) is 19.4. The van der Waals surface area contributed by atoms with Crippen molar-refractivity contribution in [2.45, 2.75) is 25.7 Å². The number of fused-ring (bicyclic) bond motifs is 2. The maximum atomic E-state index is 11.4. The minimum Gasteiger partial charge on any atom is -0.490 e. The zero-order valence-corrected chi connectivity index (χ0v) is 19.4. The highest BCUT2D eigenvalue weighted by Gasteiger charge is 2.20. The summed E-state index contributed by atoms with van der Waals surface area (Å²) < 4.78 is 17.4. The molecule has 1 fully saturated rings. The van der Waals surface area contributed by atoms with E-state index in [0.717, 1.165) is 86.4 Å². The van der Waals surface area contributed by atoms with E-state index < -0.39 is 6.03 Å². The molecule has 0 atom stereocenters. The summed E-state index contributed by atoms with van der Waals surface area (Å²) in [6, 6.07) is 13.5. The van der Waals surface area contributed by atoms with E-state index in [1.807, 2.05) is 30.3 Å². The van der Waals surface area contributed by atoms with Crippen molar-refractivity contribution in [3.8, 4) is 11.5 Å². The molecule has 3 aromatic rings. The quantitative estimate of drug-likeness (QED) is 0.509. The number of anilines is 2. The van der Waals surface area contributed by atoms with Gasteiger partial charge in [-0.1, -0.05) is 18.2 Å². The number of aryl methyl sites for hydroxylation is 1. The second-order valence-corrected chi connectivity index (χ2v) is 8.86. The highest BCUT2D eigenvalue weighted by molar-refractivity contribution is 5.93. The fourth-order valence-corrected chi connectivity index (χ4v) is 4.78. The van der Waals surface area contributed by atoms with Gasteiger partial charge in [0.05, 0.1) is 13.2 Å². The van der Waals surface area contributed by atoms with Crippen molar-refractivity contribution in [3.63, 3.8) is 0 Å². The largest absolute Gasteiger partial charge is 0.490 e. The van der Waals surface area contributed by atoms with Crippen LogP contribution in [0.2, 0.25) is 0 Å². The number of furan rings is 1. The highest BCUT2D eigenvalue weighted by Crippen LogP contribution is 2.34. The summed E-state index contributed by atoms with van der Waals surface area (Å²) in [4.78, 5) is 16.3. The lowest BCUT2D eigenvalue weighted by molar-refractivity contribution is 0.253. The minimum atomic E-state index is -0.605. The predicted octanol–water partition coefficient (Wildman–Crippen LogP) is 4.23. The highest BCUT2D eigenvalue weighted by atomic mass is 16.5. The van der Waals surface area contributed by atoms with Crippen LogP contribution in [0.15, 0.2) is 46.9 Å². The Bertz CT molecular complexity index is 1140. The van der Waals surface area contributed by atoms with E-state index in [2.05, 4.69) is 27.2 Å². The lowest BCUT2D eigenvalue weighted by Crippen LogP contribution is -2.46. The van der Waals surface area contributed by atoms with Gasteiger partial charge in [-0.05, 0) is 44.0 Å². The molecule has 2 aliphatic heterocycles. The molecule has 180 valence electrons. The van der Waals surface area contributed by atoms with Crippen LogP contribution in [-0.2, 0) is 6.42 Å². The molecule has 8 heteroatoms. The number of para-hydroxylation sites is 1. The Kier molecular flexibility index (Phi) is 6.76. The third kappa shape index (κ3) is 5.07. The SMILES string of the molecule is NC(=O)Nc1oc2ccccc2c1CCCCN1CCN(c2ccc3c(c2)OCCCO3)CC1. The fraction of sp³-hybridized carbons (Fsp3) is 0.423. The second-order valence-electron chi connectivity index (χ2n) is 8.86. The maximum absolute atomic E-state index is 11.4. The van der Waals surface area contributed by atoms with E-state index in [9.17, 15) is 4.79 Å². The predicted molar refractivity (Wildman–Crippen MR) is 133 cm³/mol. The summed E-state index contributed by atoms with van der Waals surface area (Å²) in [5, 5.41) is 3.67. The summed E-state index contributed by atoms with van der Waals surface area (Å²) in [5.41, 5.74) is 8.32. The van der Waals surface area contributed by atoms with Crippen LogP contribution in [0.5, 0.6) is 11.5 Å². The van der Waals surface area contributed by atoms with Crippen molar-refractivity contribution in [2.24, 2.45) is 5.73 Å². The van der Waals surface area contributed by atoms with Gasteiger partial charge in [0.2, 0.25) is 5.88 Å². The summed E-state index contributed by atoms with van der Waals surface area (Å²) in [5.74, 6) is 2.17. The van der Waals surface area contributed by atoms with E-state index in [1.165, 1.54) is 5.69 Å². The number of amides is 2. The van der Waals surface area contributed by atoms with Crippen molar-refractivity contribution in [2.75, 3.05) is 56.2 Å². The molecule has 2 aromatic carbocycles.